The van der Waals surface area contributed by atoms with E-state index in [2.05, 4.69) is 10.3 Å². The number of thiazole rings is 1. The van der Waals surface area contributed by atoms with E-state index >= 15 is 0 Å². The van der Waals surface area contributed by atoms with E-state index in [4.69, 9.17) is 0 Å². The van der Waals surface area contributed by atoms with E-state index in [1.165, 1.54) is 11.3 Å². The summed E-state index contributed by atoms with van der Waals surface area (Å²) in [5, 5.41) is 5.83. The normalized spacial score (nSPS) is 13.7. The summed E-state index contributed by atoms with van der Waals surface area (Å²) in [5.41, 5.74) is 2.83. The fraction of sp³-hybridized carbons (Fsp3) is 0.286. The molecule has 1 fully saturated rings. The highest BCUT2D eigenvalue weighted by atomic mass is 32.1. The molecule has 1 aromatic carbocycles. The Morgan fingerprint density at radius 3 is 2.61 bits per heavy atom. The molecule has 3 heterocycles. The molecule has 0 atom stereocenters. The Labute approximate surface area is 172 Å². The minimum atomic E-state index is -0.188. The zero-order chi connectivity index (χ0) is 19.7. The van der Waals surface area contributed by atoms with Gasteiger partial charge in [0.25, 0.3) is 11.8 Å². The van der Waals surface area contributed by atoms with Crippen molar-refractivity contribution >= 4 is 40.2 Å². The van der Waals surface area contributed by atoms with E-state index < -0.39 is 0 Å². The van der Waals surface area contributed by atoms with Gasteiger partial charge in [-0.25, -0.2) is 4.98 Å². The molecule has 0 radical (unpaired) electrons. The molecule has 5 nitrogen and oxygen atoms in total. The fourth-order valence-electron chi connectivity index (χ4n) is 3.39. The van der Waals surface area contributed by atoms with E-state index in [0.717, 1.165) is 41.4 Å². The summed E-state index contributed by atoms with van der Waals surface area (Å²) in [4.78, 5) is 33.7. The van der Waals surface area contributed by atoms with Crippen LogP contribution in [0.5, 0.6) is 0 Å². The monoisotopic (exact) mass is 411 g/mol. The van der Waals surface area contributed by atoms with Crippen LogP contribution in [0.15, 0.2) is 35.7 Å². The number of benzene rings is 1. The van der Waals surface area contributed by atoms with Crippen LogP contribution in [0, 0.1) is 13.8 Å². The summed E-state index contributed by atoms with van der Waals surface area (Å²) in [7, 11) is 0. The Hall–Kier alpha value is -2.51. The van der Waals surface area contributed by atoms with Crippen LogP contribution in [0.25, 0.3) is 9.88 Å². The van der Waals surface area contributed by atoms with Gasteiger partial charge < -0.3 is 10.2 Å². The third-order valence-corrected chi connectivity index (χ3v) is 7.14. The van der Waals surface area contributed by atoms with Gasteiger partial charge in [0.1, 0.15) is 9.88 Å². The number of nitrogens with one attached hydrogen (secondary N) is 1. The van der Waals surface area contributed by atoms with Gasteiger partial charge in [-0.15, -0.1) is 22.7 Å². The maximum Gasteiger partial charge on any atom is 0.267 e. The van der Waals surface area contributed by atoms with Gasteiger partial charge in [-0.05, 0) is 55.8 Å². The fourth-order valence-corrected chi connectivity index (χ4v) is 5.14. The predicted octanol–water partition coefficient (Wildman–Crippen LogP) is 4.98. The van der Waals surface area contributed by atoms with Gasteiger partial charge in [-0.3, -0.25) is 9.59 Å². The molecule has 2 amide bonds. The Morgan fingerprint density at radius 2 is 1.89 bits per heavy atom. The van der Waals surface area contributed by atoms with Crippen LogP contribution in [0.2, 0.25) is 0 Å². The quantitative estimate of drug-likeness (QED) is 0.659. The summed E-state index contributed by atoms with van der Waals surface area (Å²) >= 11 is 3.00. The second kappa shape index (κ2) is 7.85. The Bertz CT molecular complexity index is 1020. The van der Waals surface area contributed by atoms with Crippen LogP contribution in [-0.2, 0) is 0 Å². The highest BCUT2D eigenvalue weighted by Crippen LogP contribution is 2.32. The van der Waals surface area contributed by atoms with Crippen molar-refractivity contribution in [2.75, 3.05) is 18.4 Å². The van der Waals surface area contributed by atoms with Crippen molar-refractivity contribution < 1.29 is 9.59 Å². The van der Waals surface area contributed by atoms with Crippen LogP contribution in [-0.4, -0.2) is 34.8 Å². The Kier molecular flexibility index (Phi) is 5.28. The van der Waals surface area contributed by atoms with E-state index in [9.17, 15) is 9.59 Å². The number of nitrogens with zero attached hydrogens (tertiary/aromatic N) is 2. The Balaban J connectivity index is 1.57. The lowest BCUT2D eigenvalue weighted by molar-refractivity contribution is 0.0791. The molecule has 144 valence electrons. The molecule has 7 heteroatoms. The summed E-state index contributed by atoms with van der Waals surface area (Å²) in [5.74, 6) is -0.147. The number of rotatable bonds is 4. The number of amides is 2. The molecule has 0 aliphatic carbocycles. The molecule has 0 spiro atoms. The van der Waals surface area contributed by atoms with Crippen molar-refractivity contribution in [2.45, 2.75) is 26.7 Å². The standard InChI is InChI=1S/C21H21N3O2S2/c1-13-15(21(26)24-10-3-4-11-24)7-5-8-16(13)23-19(25)18-14(2)22-20(28-18)17-9-6-12-27-17/h5-9,12H,3-4,10-11H2,1-2H3,(H,23,25). The molecular weight excluding hydrogens is 390 g/mol. The van der Waals surface area contributed by atoms with Gasteiger partial charge in [-0.1, -0.05) is 12.1 Å². The lowest BCUT2D eigenvalue weighted by atomic mass is 10.1. The second-order valence-electron chi connectivity index (χ2n) is 6.84. The minimum Gasteiger partial charge on any atom is -0.339 e. The molecule has 3 aromatic rings. The van der Waals surface area contributed by atoms with Gasteiger partial charge in [0.05, 0.1) is 10.6 Å². The summed E-state index contributed by atoms with van der Waals surface area (Å²) in [6.07, 6.45) is 2.11. The molecule has 1 aliphatic heterocycles. The maximum absolute atomic E-state index is 12.9. The molecule has 4 rings (SSSR count). The summed E-state index contributed by atoms with van der Waals surface area (Å²) in [6.45, 7) is 5.35. The first-order chi connectivity index (χ1) is 13.5. The highest BCUT2D eigenvalue weighted by molar-refractivity contribution is 7.22. The number of carbonyl (C=O) groups excluding carboxylic acids is 2. The molecule has 1 saturated heterocycles. The van der Waals surface area contributed by atoms with Crippen LogP contribution >= 0.6 is 22.7 Å². The molecule has 0 saturated carbocycles. The Morgan fingerprint density at radius 1 is 1.11 bits per heavy atom. The van der Waals surface area contributed by atoms with Crippen molar-refractivity contribution in [3.8, 4) is 9.88 Å². The molecule has 1 aliphatic rings. The zero-order valence-corrected chi connectivity index (χ0v) is 17.5. The van der Waals surface area contributed by atoms with Gasteiger partial charge >= 0.3 is 0 Å². The topological polar surface area (TPSA) is 62.3 Å². The first-order valence-electron chi connectivity index (χ1n) is 9.26. The molecule has 0 unspecified atom stereocenters. The van der Waals surface area contributed by atoms with E-state index in [0.29, 0.717) is 21.8 Å². The second-order valence-corrected chi connectivity index (χ2v) is 8.79. The number of aryl methyl sites for hydroxylation is 1. The van der Waals surface area contributed by atoms with Crippen LogP contribution in [0.4, 0.5) is 5.69 Å². The minimum absolute atomic E-state index is 0.0417. The number of thiophene rings is 1. The number of aromatic nitrogens is 1. The number of likely N-dealkylation sites (tertiary alicyclic amines) is 1. The van der Waals surface area contributed by atoms with Crippen molar-refractivity contribution in [3.63, 3.8) is 0 Å². The summed E-state index contributed by atoms with van der Waals surface area (Å²) < 4.78 is 0. The predicted molar refractivity (Wildman–Crippen MR) is 114 cm³/mol. The first kappa shape index (κ1) is 18.8. The molecular formula is C21H21N3O2S2. The molecule has 0 bridgehead atoms. The van der Waals surface area contributed by atoms with Gasteiger partial charge in [0.15, 0.2) is 0 Å². The first-order valence-corrected chi connectivity index (χ1v) is 11.0. The average molecular weight is 412 g/mol. The van der Waals surface area contributed by atoms with Crippen LogP contribution < -0.4 is 5.32 Å². The van der Waals surface area contributed by atoms with Crippen molar-refractivity contribution in [2.24, 2.45) is 0 Å². The summed E-state index contributed by atoms with van der Waals surface area (Å²) in [6, 6.07) is 9.47. The van der Waals surface area contributed by atoms with E-state index in [1.807, 2.05) is 54.5 Å². The zero-order valence-electron chi connectivity index (χ0n) is 15.8. The van der Waals surface area contributed by atoms with Crippen LogP contribution in [0.3, 0.4) is 0 Å². The van der Waals surface area contributed by atoms with Crippen molar-refractivity contribution in [1.82, 2.24) is 9.88 Å². The number of anilines is 1. The number of hydrogen-bond acceptors (Lipinski definition) is 5. The number of hydrogen-bond donors (Lipinski definition) is 1. The van der Waals surface area contributed by atoms with Gasteiger partial charge in [0, 0.05) is 24.3 Å². The van der Waals surface area contributed by atoms with Crippen molar-refractivity contribution in [1.29, 1.82) is 0 Å². The molecule has 2 aromatic heterocycles. The third-order valence-electron chi connectivity index (χ3n) is 4.94. The van der Waals surface area contributed by atoms with Gasteiger partial charge in [-0.2, -0.15) is 0 Å². The average Bonchev–Trinajstić information content (AvgIpc) is 3.44. The molecule has 1 N–H and O–H groups in total. The lowest BCUT2D eigenvalue weighted by Crippen LogP contribution is -2.28. The van der Waals surface area contributed by atoms with E-state index in [-0.39, 0.29) is 11.8 Å². The maximum atomic E-state index is 12.9. The van der Waals surface area contributed by atoms with E-state index in [1.54, 1.807) is 11.3 Å². The number of carbonyl (C=O) groups is 2. The largest absolute Gasteiger partial charge is 0.339 e. The van der Waals surface area contributed by atoms with Crippen molar-refractivity contribution in [3.05, 3.63) is 57.4 Å². The van der Waals surface area contributed by atoms with Crippen LogP contribution in [0.1, 0.15) is 44.1 Å². The van der Waals surface area contributed by atoms with Gasteiger partial charge in [0.2, 0.25) is 0 Å². The highest BCUT2D eigenvalue weighted by Gasteiger charge is 2.23. The molecule has 28 heavy (non-hydrogen) atoms. The SMILES string of the molecule is Cc1nc(-c2cccs2)sc1C(=O)Nc1cccc(C(=O)N2CCCC2)c1C. The lowest BCUT2D eigenvalue weighted by Gasteiger charge is -2.18. The third kappa shape index (κ3) is 3.59. The smallest absolute Gasteiger partial charge is 0.267 e.